The average molecular weight is 527 g/mol. The van der Waals surface area contributed by atoms with Gasteiger partial charge in [-0.25, -0.2) is 0 Å². The minimum absolute atomic E-state index is 0.215. The first-order valence-electron chi connectivity index (χ1n) is 14.2. The van der Waals surface area contributed by atoms with E-state index < -0.39 is 0 Å². The monoisotopic (exact) mass is 526 g/mol. The molecule has 0 bridgehead atoms. The second kappa shape index (κ2) is 16.0. The van der Waals surface area contributed by atoms with Gasteiger partial charge in [-0.2, -0.15) is 0 Å². The summed E-state index contributed by atoms with van der Waals surface area (Å²) in [7, 11) is 2.14. The van der Waals surface area contributed by atoms with Gasteiger partial charge < -0.3 is 19.3 Å². The lowest BCUT2D eigenvalue weighted by Crippen LogP contribution is -2.43. The van der Waals surface area contributed by atoms with Crippen LogP contribution in [0.15, 0.2) is 84.9 Å². The molecule has 206 valence electrons. The maximum Gasteiger partial charge on any atom is 0.214 e. The maximum atomic E-state index is 12.4. The van der Waals surface area contributed by atoms with E-state index in [1.54, 1.807) is 0 Å². The lowest BCUT2D eigenvalue weighted by atomic mass is 9.97. The summed E-state index contributed by atoms with van der Waals surface area (Å²) < 4.78 is 11.6. The van der Waals surface area contributed by atoms with E-state index in [-0.39, 0.29) is 6.04 Å². The molecular formula is C34H42N2O3. The standard InChI is InChI=1S/C34H42N2O3/c1-35-21-19-32(20-22-35)36(28-37)34-26-29(17-18-33(34)31-15-7-3-8-16-31)14-11-25-38-23-9-4-10-24-39-27-30-12-5-2-6-13-30/h2-3,5-8,11-18,26,28,32H,4,9-10,19-25,27H2,1H3/b14-11+. The Hall–Kier alpha value is -3.25. The molecule has 1 aliphatic heterocycles. The molecule has 0 saturated carbocycles. The Kier molecular flexibility index (Phi) is 11.8. The van der Waals surface area contributed by atoms with E-state index in [1.165, 1.54) is 5.56 Å². The van der Waals surface area contributed by atoms with Crippen LogP contribution in [-0.2, 0) is 20.9 Å². The zero-order chi connectivity index (χ0) is 27.1. The number of hydrogen-bond donors (Lipinski definition) is 0. The van der Waals surface area contributed by atoms with Crippen molar-refractivity contribution < 1.29 is 14.3 Å². The van der Waals surface area contributed by atoms with Crippen LogP contribution in [0.25, 0.3) is 17.2 Å². The van der Waals surface area contributed by atoms with Crippen molar-refractivity contribution >= 4 is 18.2 Å². The van der Waals surface area contributed by atoms with Crippen molar-refractivity contribution in [2.75, 3.05) is 44.9 Å². The molecule has 4 rings (SSSR count). The molecule has 39 heavy (non-hydrogen) atoms. The number of carbonyl (C=O) groups is 1. The number of piperidine rings is 1. The maximum absolute atomic E-state index is 12.4. The molecule has 5 heteroatoms. The number of carbonyl (C=O) groups excluding carboxylic acids is 1. The van der Waals surface area contributed by atoms with Crippen LogP contribution in [0.1, 0.15) is 43.2 Å². The number of anilines is 1. The highest BCUT2D eigenvalue weighted by Gasteiger charge is 2.25. The molecule has 0 radical (unpaired) electrons. The van der Waals surface area contributed by atoms with Crippen LogP contribution in [0.4, 0.5) is 5.69 Å². The third kappa shape index (κ3) is 9.17. The summed E-state index contributed by atoms with van der Waals surface area (Å²) >= 11 is 0. The van der Waals surface area contributed by atoms with Gasteiger partial charge in [0.2, 0.25) is 6.41 Å². The fourth-order valence-corrected chi connectivity index (χ4v) is 5.03. The molecular weight excluding hydrogens is 484 g/mol. The molecule has 3 aromatic carbocycles. The molecule has 0 N–H and O–H groups in total. The number of likely N-dealkylation sites (tertiary alicyclic amines) is 1. The van der Waals surface area contributed by atoms with Crippen molar-refractivity contribution in [1.82, 2.24) is 4.90 Å². The first-order chi connectivity index (χ1) is 19.2. The molecule has 1 amide bonds. The van der Waals surface area contributed by atoms with Crippen molar-refractivity contribution in [1.29, 1.82) is 0 Å². The Labute approximate surface area is 234 Å². The molecule has 3 aromatic rings. The Bertz CT molecular complexity index is 1140. The van der Waals surface area contributed by atoms with Crippen LogP contribution in [0.2, 0.25) is 0 Å². The van der Waals surface area contributed by atoms with Gasteiger partial charge in [0.1, 0.15) is 0 Å². The first kappa shape index (κ1) is 28.8. The third-order valence-corrected chi connectivity index (χ3v) is 7.29. The predicted molar refractivity (Wildman–Crippen MR) is 161 cm³/mol. The van der Waals surface area contributed by atoms with E-state index in [1.807, 2.05) is 41.3 Å². The van der Waals surface area contributed by atoms with Crippen LogP contribution >= 0.6 is 0 Å². The minimum Gasteiger partial charge on any atom is -0.377 e. The Morgan fingerprint density at radius 2 is 1.56 bits per heavy atom. The van der Waals surface area contributed by atoms with Gasteiger partial charge in [-0.3, -0.25) is 4.79 Å². The van der Waals surface area contributed by atoms with E-state index in [4.69, 9.17) is 9.47 Å². The second-order valence-electron chi connectivity index (χ2n) is 10.3. The third-order valence-electron chi connectivity index (χ3n) is 7.29. The topological polar surface area (TPSA) is 42.0 Å². The fourth-order valence-electron chi connectivity index (χ4n) is 5.03. The second-order valence-corrected chi connectivity index (χ2v) is 10.3. The number of rotatable bonds is 15. The molecule has 1 aliphatic rings. The van der Waals surface area contributed by atoms with Gasteiger partial charge in [-0.1, -0.05) is 84.9 Å². The average Bonchev–Trinajstić information content (AvgIpc) is 2.98. The van der Waals surface area contributed by atoms with Gasteiger partial charge in [-0.05, 0) is 75.0 Å². The van der Waals surface area contributed by atoms with E-state index in [0.29, 0.717) is 13.2 Å². The summed E-state index contributed by atoms with van der Waals surface area (Å²) in [5, 5.41) is 0. The lowest BCUT2D eigenvalue weighted by Gasteiger charge is -2.36. The number of nitrogens with zero attached hydrogens (tertiary/aromatic N) is 2. The van der Waals surface area contributed by atoms with E-state index in [9.17, 15) is 4.79 Å². The van der Waals surface area contributed by atoms with Crippen molar-refractivity contribution in [3.8, 4) is 11.1 Å². The molecule has 0 atom stereocenters. The van der Waals surface area contributed by atoms with E-state index >= 15 is 0 Å². The lowest BCUT2D eigenvalue weighted by molar-refractivity contribution is -0.108. The minimum atomic E-state index is 0.215. The van der Waals surface area contributed by atoms with Crippen molar-refractivity contribution in [3.63, 3.8) is 0 Å². The molecule has 5 nitrogen and oxygen atoms in total. The highest BCUT2D eigenvalue weighted by molar-refractivity contribution is 5.89. The number of unbranched alkanes of at least 4 members (excludes halogenated alkanes) is 2. The molecule has 0 aromatic heterocycles. The summed E-state index contributed by atoms with van der Waals surface area (Å²) in [6.07, 6.45) is 10.3. The van der Waals surface area contributed by atoms with Crippen LogP contribution < -0.4 is 4.90 Å². The van der Waals surface area contributed by atoms with Crippen LogP contribution in [0, 0.1) is 0 Å². The highest BCUT2D eigenvalue weighted by atomic mass is 16.5. The first-order valence-corrected chi connectivity index (χ1v) is 14.2. The molecule has 0 aliphatic carbocycles. The van der Waals surface area contributed by atoms with Gasteiger partial charge in [0.15, 0.2) is 0 Å². The molecule has 0 unspecified atom stereocenters. The van der Waals surface area contributed by atoms with Gasteiger partial charge in [0, 0.05) is 24.8 Å². The normalized spacial score (nSPS) is 14.6. The smallest absolute Gasteiger partial charge is 0.214 e. The van der Waals surface area contributed by atoms with Gasteiger partial charge in [0.25, 0.3) is 0 Å². The van der Waals surface area contributed by atoms with Crippen LogP contribution in [-0.4, -0.2) is 57.3 Å². The Morgan fingerprint density at radius 3 is 2.28 bits per heavy atom. The predicted octanol–water partition coefficient (Wildman–Crippen LogP) is 6.83. The van der Waals surface area contributed by atoms with Crippen molar-refractivity contribution in [2.24, 2.45) is 0 Å². The van der Waals surface area contributed by atoms with Crippen LogP contribution in [0.5, 0.6) is 0 Å². The summed E-state index contributed by atoms with van der Waals surface area (Å²) in [5.41, 5.74) is 5.47. The summed E-state index contributed by atoms with van der Waals surface area (Å²) in [4.78, 5) is 16.6. The van der Waals surface area contributed by atoms with Gasteiger partial charge in [-0.15, -0.1) is 0 Å². The number of benzene rings is 3. The summed E-state index contributed by atoms with van der Waals surface area (Å²) in [6, 6.07) is 27.2. The highest BCUT2D eigenvalue weighted by Crippen LogP contribution is 2.34. The summed E-state index contributed by atoms with van der Waals surface area (Å²) in [5.74, 6) is 0. The van der Waals surface area contributed by atoms with E-state index in [0.717, 1.165) is 87.2 Å². The fraction of sp³-hybridized carbons (Fsp3) is 0.382. The zero-order valence-corrected chi connectivity index (χ0v) is 23.2. The Balaban J connectivity index is 1.26. The molecule has 0 spiro atoms. The molecule has 1 fully saturated rings. The number of amides is 1. The van der Waals surface area contributed by atoms with E-state index in [2.05, 4.69) is 66.6 Å². The molecule has 1 heterocycles. The quantitative estimate of drug-likeness (QED) is 0.161. The van der Waals surface area contributed by atoms with Gasteiger partial charge >= 0.3 is 0 Å². The Morgan fingerprint density at radius 1 is 0.872 bits per heavy atom. The zero-order valence-electron chi connectivity index (χ0n) is 23.2. The molecule has 1 saturated heterocycles. The largest absolute Gasteiger partial charge is 0.377 e. The van der Waals surface area contributed by atoms with Crippen molar-refractivity contribution in [2.45, 2.75) is 44.8 Å². The SMILES string of the molecule is CN1CCC(N(C=O)c2cc(/C=C/COCCCCCOCc3ccccc3)ccc2-c2ccccc2)CC1. The van der Waals surface area contributed by atoms with Gasteiger partial charge in [0.05, 0.1) is 18.9 Å². The number of hydrogen-bond acceptors (Lipinski definition) is 4. The summed E-state index contributed by atoms with van der Waals surface area (Å²) in [6.45, 7) is 4.80. The van der Waals surface area contributed by atoms with Crippen molar-refractivity contribution in [3.05, 3.63) is 96.1 Å². The number of ether oxygens (including phenoxy) is 2. The van der Waals surface area contributed by atoms with Crippen LogP contribution in [0.3, 0.4) is 0 Å².